The Kier molecular flexibility index (Phi) is 3.88. The first-order valence-corrected chi connectivity index (χ1v) is 6.31. The van der Waals surface area contributed by atoms with E-state index < -0.39 is 30.5 Å². The van der Waals surface area contributed by atoms with Gasteiger partial charge in [0.15, 0.2) is 5.60 Å². The van der Waals surface area contributed by atoms with Crippen molar-refractivity contribution in [1.29, 1.82) is 0 Å². The molecule has 0 aromatic rings. The fourth-order valence-corrected chi connectivity index (χ4v) is 2.40. The van der Waals surface area contributed by atoms with E-state index in [9.17, 15) is 18.0 Å². The van der Waals surface area contributed by atoms with E-state index in [0.29, 0.717) is 38.2 Å². The lowest BCUT2D eigenvalue weighted by atomic mass is 9.88. The number of hydrogen-bond acceptors (Lipinski definition) is 3. The van der Waals surface area contributed by atoms with E-state index >= 15 is 0 Å². The minimum absolute atomic E-state index is 0.307. The lowest BCUT2D eigenvalue weighted by Crippen LogP contribution is -2.46. The number of amides is 1. The van der Waals surface area contributed by atoms with Crippen LogP contribution in [0.1, 0.15) is 32.1 Å². The van der Waals surface area contributed by atoms with Gasteiger partial charge in [0, 0.05) is 38.8 Å². The van der Waals surface area contributed by atoms with E-state index in [1.165, 1.54) is 4.90 Å². The Morgan fingerprint density at radius 2 is 2.10 bits per heavy atom. The smallest absolute Gasteiger partial charge is 0.361 e. The highest BCUT2D eigenvalue weighted by molar-refractivity contribution is 5.92. The number of likely N-dealkylation sites (tertiary alicyclic amines) is 1. The summed E-state index contributed by atoms with van der Waals surface area (Å²) in [6.45, 7) is 7.56. The zero-order valence-corrected chi connectivity index (χ0v) is 10.7. The Hall–Kier alpha value is -1.78. The molecule has 1 spiro atoms. The van der Waals surface area contributed by atoms with Gasteiger partial charge >= 0.3 is 6.18 Å². The molecule has 0 aromatic heterocycles. The van der Waals surface area contributed by atoms with Crippen LogP contribution in [0, 0.1) is 6.57 Å². The van der Waals surface area contributed by atoms with Crippen molar-refractivity contribution in [2.75, 3.05) is 13.1 Å². The monoisotopic (exact) mass is 289 g/mol. The number of halogens is 3. The second kappa shape index (κ2) is 5.31. The predicted molar refractivity (Wildman–Crippen MR) is 63.6 cm³/mol. The first kappa shape index (κ1) is 14.6. The molecule has 0 radical (unpaired) electrons. The molecule has 1 fully saturated rings. The number of rotatable bonds is 2. The maximum atomic E-state index is 12.1. The van der Waals surface area contributed by atoms with Crippen LogP contribution < -0.4 is 0 Å². The van der Waals surface area contributed by atoms with E-state index in [4.69, 9.17) is 11.4 Å². The van der Waals surface area contributed by atoms with Gasteiger partial charge in [0.2, 0.25) is 5.91 Å². The van der Waals surface area contributed by atoms with Crippen LogP contribution in [-0.4, -0.2) is 41.5 Å². The standard InChI is InChI=1S/C12H14F3N3O2/c1-16-9-8-11(20-17-9)4-6-18(7-5-11)10(19)2-3-12(13,14)15/h2-8H2. The highest BCUT2D eigenvalue weighted by Gasteiger charge is 2.45. The van der Waals surface area contributed by atoms with Gasteiger partial charge in [0.1, 0.15) is 0 Å². The molecule has 0 atom stereocenters. The lowest BCUT2D eigenvalue weighted by molar-refractivity contribution is -0.152. The fraction of sp³-hybridized carbons (Fsp3) is 0.750. The second-order valence-corrected chi connectivity index (χ2v) is 5.07. The minimum Gasteiger partial charge on any atom is -0.361 e. The highest BCUT2D eigenvalue weighted by atomic mass is 19.4. The maximum absolute atomic E-state index is 12.1. The van der Waals surface area contributed by atoms with Gasteiger partial charge in [-0.3, -0.25) is 4.79 Å². The van der Waals surface area contributed by atoms with Crippen LogP contribution in [0.3, 0.4) is 0 Å². The molecule has 0 aliphatic carbocycles. The van der Waals surface area contributed by atoms with Gasteiger partial charge < -0.3 is 14.6 Å². The van der Waals surface area contributed by atoms with E-state index in [1.54, 1.807) is 0 Å². The number of carbonyl (C=O) groups excluding carboxylic acids is 1. The van der Waals surface area contributed by atoms with Crippen LogP contribution in [0.5, 0.6) is 0 Å². The molecule has 8 heteroatoms. The zero-order chi connectivity index (χ0) is 14.8. The number of hydrogen-bond donors (Lipinski definition) is 0. The van der Waals surface area contributed by atoms with Crippen molar-refractivity contribution in [3.05, 3.63) is 11.4 Å². The molecule has 0 unspecified atom stereocenters. The highest BCUT2D eigenvalue weighted by Crippen LogP contribution is 2.35. The van der Waals surface area contributed by atoms with Gasteiger partial charge in [0.25, 0.3) is 5.84 Å². The fourth-order valence-electron chi connectivity index (χ4n) is 2.40. The molecule has 2 heterocycles. The quantitative estimate of drug-likeness (QED) is 0.732. The summed E-state index contributed by atoms with van der Waals surface area (Å²) in [5, 5.41) is 3.68. The van der Waals surface area contributed by atoms with Crippen molar-refractivity contribution in [2.45, 2.75) is 43.9 Å². The summed E-state index contributed by atoms with van der Waals surface area (Å²) in [5.41, 5.74) is -0.541. The van der Waals surface area contributed by atoms with Crippen molar-refractivity contribution >= 4 is 11.7 Å². The third-order valence-corrected chi connectivity index (χ3v) is 3.60. The molecule has 1 saturated heterocycles. The second-order valence-electron chi connectivity index (χ2n) is 5.07. The molecule has 20 heavy (non-hydrogen) atoms. The van der Waals surface area contributed by atoms with Gasteiger partial charge in [-0.1, -0.05) is 6.57 Å². The number of nitrogens with zero attached hydrogens (tertiary/aromatic N) is 3. The van der Waals surface area contributed by atoms with E-state index in [1.807, 2.05) is 0 Å². The predicted octanol–water partition coefficient (Wildman–Crippen LogP) is 2.34. The van der Waals surface area contributed by atoms with Crippen LogP contribution in [0.4, 0.5) is 13.2 Å². The van der Waals surface area contributed by atoms with Crippen molar-refractivity contribution in [1.82, 2.24) is 4.90 Å². The van der Waals surface area contributed by atoms with Crippen molar-refractivity contribution < 1.29 is 22.8 Å². The molecule has 0 bridgehead atoms. The van der Waals surface area contributed by atoms with Crippen LogP contribution in [0.15, 0.2) is 5.16 Å². The normalized spacial score (nSPS) is 21.3. The number of carbonyl (C=O) groups is 1. The SMILES string of the molecule is [C-]#[N+]C1=NOC2(CCN(C(=O)CCC(F)(F)F)CC2)C1. The van der Waals surface area contributed by atoms with Crippen molar-refractivity contribution in [2.24, 2.45) is 5.16 Å². The molecule has 0 aromatic carbocycles. The van der Waals surface area contributed by atoms with Crippen molar-refractivity contribution in [3.8, 4) is 0 Å². The Bertz CT molecular complexity index is 460. The van der Waals surface area contributed by atoms with Crippen LogP contribution in [0.2, 0.25) is 0 Å². The number of oxime groups is 1. The van der Waals surface area contributed by atoms with Gasteiger partial charge in [-0.05, 0) is 0 Å². The largest absolute Gasteiger partial charge is 0.389 e. The molecule has 2 rings (SSSR count). The molecule has 0 saturated carbocycles. The van der Waals surface area contributed by atoms with Crippen LogP contribution >= 0.6 is 0 Å². The van der Waals surface area contributed by atoms with Gasteiger partial charge in [-0.25, -0.2) is 0 Å². The third-order valence-electron chi connectivity index (χ3n) is 3.60. The number of alkyl halides is 3. The van der Waals surface area contributed by atoms with Gasteiger partial charge in [0.05, 0.1) is 11.6 Å². The maximum Gasteiger partial charge on any atom is 0.389 e. The summed E-state index contributed by atoms with van der Waals surface area (Å²) in [6, 6.07) is 0. The zero-order valence-electron chi connectivity index (χ0n) is 10.7. The minimum atomic E-state index is -4.31. The molecular weight excluding hydrogens is 275 g/mol. The molecular formula is C12H14F3N3O2. The molecule has 2 aliphatic heterocycles. The Balaban J connectivity index is 1.80. The Morgan fingerprint density at radius 1 is 1.45 bits per heavy atom. The van der Waals surface area contributed by atoms with E-state index in [0.717, 1.165) is 0 Å². The van der Waals surface area contributed by atoms with Crippen LogP contribution in [-0.2, 0) is 9.63 Å². The summed E-state index contributed by atoms with van der Waals surface area (Å²) in [5.74, 6) is -0.177. The molecule has 0 N–H and O–H groups in total. The molecule has 2 aliphatic rings. The summed E-state index contributed by atoms with van der Waals surface area (Å²) >= 11 is 0. The molecule has 5 nitrogen and oxygen atoms in total. The summed E-state index contributed by atoms with van der Waals surface area (Å²) in [7, 11) is 0. The average molecular weight is 289 g/mol. The van der Waals surface area contributed by atoms with Crippen LogP contribution in [0.25, 0.3) is 4.85 Å². The molecule has 110 valence electrons. The van der Waals surface area contributed by atoms with Gasteiger partial charge in [-0.2, -0.15) is 13.2 Å². The number of piperidine rings is 1. The summed E-state index contributed by atoms with van der Waals surface area (Å²) in [4.78, 5) is 21.6. The molecule has 1 amide bonds. The average Bonchev–Trinajstić information content (AvgIpc) is 2.79. The summed E-state index contributed by atoms with van der Waals surface area (Å²) < 4.78 is 36.2. The summed E-state index contributed by atoms with van der Waals surface area (Å²) in [6.07, 6.45) is -4.50. The third kappa shape index (κ3) is 3.40. The number of amidine groups is 1. The van der Waals surface area contributed by atoms with Gasteiger partial charge in [-0.15, -0.1) is 0 Å². The Labute approximate surface area is 114 Å². The van der Waals surface area contributed by atoms with Crippen molar-refractivity contribution in [3.63, 3.8) is 0 Å². The Morgan fingerprint density at radius 3 is 2.60 bits per heavy atom. The first-order valence-electron chi connectivity index (χ1n) is 6.31. The lowest BCUT2D eigenvalue weighted by Gasteiger charge is -2.36. The first-order chi connectivity index (χ1) is 9.34. The van der Waals surface area contributed by atoms with E-state index in [-0.39, 0.29) is 0 Å². The van der Waals surface area contributed by atoms with E-state index in [2.05, 4.69) is 10.0 Å². The topological polar surface area (TPSA) is 46.3 Å².